The summed E-state index contributed by atoms with van der Waals surface area (Å²) in [6, 6.07) is 10.2. The third kappa shape index (κ3) is 3.44. The molecule has 0 aliphatic carbocycles. The molecule has 0 atom stereocenters. The van der Waals surface area contributed by atoms with Gasteiger partial charge in [-0.2, -0.15) is 0 Å². The highest BCUT2D eigenvalue weighted by molar-refractivity contribution is 5.64. The molecule has 1 heterocycles. The first kappa shape index (κ1) is 13.3. The van der Waals surface area contributed by atoms with Crippen molar-refractivity contribution in [2.75, 3.05) is 0 Å². The molecule has 0 saturated carbocycles. The average Bonchev–Trinajstić information content (AvgIpc) is 2.79. The molecule has 2 rings (SSSR count). The van der Waals surface area contributed by atoms with E-state index in [-0.39, 0.29) is 6.42 Å². The second-order valence-corrected chi connectivity index (χ2v) is 4.50. The van der Waals surface area contributed by atoms with Gasteiger partial charge in [0.15, 0.2) is 0 Å². The highest BCUT2D eigenvalue weighted by Gasteiger charge is 2.15. The lowest BCUT2D eigenvalue weighted by Gasteiger charge is -2.04. The van der Waals surface area contributed by atoms with E-state index in [1.54, 1.807) is 0 Å². The Hall–Kier alpha value is -2.10. The van der Waals surface area contributed by atoms with Crippen molar-refractivity contribution in [3.05, 3.63) is 54.1 Å². The van der Waals surface area contributed by atoms with Crippen LogP contribution in [-0.4, -0.2) is 10.5 Å². The van der Waals surface area contributed by atoms with Gasteiger partial charge in [-0.1, -0.05) is 37.3 Å². The summed E-state index contributed by atoms with van der Waals surface area (Å²) in [6.07, 6.45) is 4.85. The Kier molecular flexibility index (Phi) is 4.34. The number of carboxylic acid groups (broad SMARTS) is 1. The molecular weight excluding hydrogens is 240 g/mol. The summed E-state index contributed by atoms with van der Waals surface area (Å²) in [7, 11) is 0. The molecule has 4 nitrogen and oxygen atoms in total. The van der Waals surface area contributed by atoms with Gasteiger partial charge >= 0.3 is 0 Å². The molecule has 100 valence electrons. The summed E-state index contributed by atoms with van der Waals surface area (Å²) in [5.41, 5.74) is 1.24. The van der Waals surface area contributed by atoms with Crippen molar-refractivity contribution in [1.29, 1.82) is 0 Å². The van der Waals surface area contributed by atoms with Crippen LogP contribution >= 0.6 is 0 Å². The van der Waals surface area contributed by atoms with Crippen molar-refractivity contribution in [3.63, 3.8) is 0 Å². The Bertz CT molecular complexity index is 547. The first-order valence-electron chi connectivity index (χ1n) is 6.52. The first-order valence-corrected chi connectivity index (χ1v) is 6.52. The van der Waals surface area contributed by atoms with Crippen molar-refractivity contribution in [2.24, 2.45) is 0 Å². The molecule has 0 bridgehead atoms. The van der Waals surface area contributed by atoms with Crippen LogP contribution in [0.3, 0.4) is 0 Å². The fourth-order valence-electron chi connectivity index (χ4n) is 2.24. The topological polar surface area (TPSA) is 48.9 Å². The smallest absolute Gasteiger partial charge is 0.256 e. The predicted octanol–water partition coefficient (Wildman–Crippen LogP) is 0.526. The van der Waals surface area contributed by atoms with Crippen LogP contribution in [0, 0.1) is 0 Å². The van der Waals surface area contributed by atoms with E-state index in [2.05, 4.69) is 23.6 Å². The number of benzene rings is 1. The van der Waals surface area contributed by atoms with E-state index in [0.29, 0.717) is 6.54 Å². The number of rotatable bonds is 6. The van der Waals surface area contributed by atoms with Crippen molar-refractivity contribution >= 4 is 5.97 Å². The SMILES string of the molecule is CCc1n(CCC(=O)[O-])cc[n+]1Cc1ccccc1. The van der Waals surface area contributed by atoms with Crippen LogP contribution in [-0.2, 0) is 24.3 Å². The monoisotopic (exact) mass is 258 g/mol. The van der Waals surface area contributed by atoms with Crippen LogP contribution in [0.15, 0.2) is 42.7 Å². The highest BCUT2D eigenvalue weighted by atomic mass is 16.4. The van der Waals surface area contributed by atoms with Gasteiger partial charge in [0.05, 0.1) is 6.54 Å². The number of hydrogen-bond acceptors (Lipinski definition) is 2. The number of aryl methyl sites for hydroxylation is 1. The van der Waals surface area contributed by atoms with Gasteiger partial charge in [0.2, 0.25) is 0 Å². The van der Waals surface area contributed by atoms with Gasteiger partial charge in [-0.25, -0.2) is 9.13 Å². The fourth-order valence-corrected chi connectivity index (χ4v) is 2.24. The summed E-state index contributed by atoms with van der Waals surface area (Å²) in [5.74, 6) is 0.121. The largest absolute Gasteiger partial charge is 0.550 e. The maximum absolute atomic E-state index is 10.5. The Morgan fingerprint density at radius 3 is 2.68 bits per heavy atom. The van der Waals surface area contributed by atoms with Crippen LogP contribution in [0.1, 0.15) is 24.7 Å². The zero-order valence-corrected chi connectivity index (χ0v) is 11.1. The molecule has 1 aromatic heterocycles. The third-order valence-electron chi connectivity index (χ3n) is 3.16. The zero-order valence-electron chi connectivity index (χ0n) is 11.1. The Balaban J connectivity index is 2.15. The van der Waals surface area contributed by atoms with E-state index in [4.69, 9.17) is 0 Å². The van der Waals surface area contributed by atoms with E-state index in [9.17, 15) is 9.90 Å². The van der Waals surface area contributed by atoms with Gasteiger partial charge in [-0.15, -0.1) is 0 Å². The number of carbonyl (C=O) groups is 1. The Morgan fingerprint density at radius 1 is 1.32 bits per heavy atom. The minimum Gasteiger partial charge on any atom is -0.550 e. The summed E-state index contributed by atoms with van der Waals surface area (Å²) in [4.78, 5) is 10.5. The normalized spacial score (nSPS) is 10.6. The molecule has 0 radical (unpaired) electrons. The summed E-state index contributed by atoms with van der Waals surface area (Å²) >= 11 is 0. The second kappa shape index (κ2) is 6.18. The van der Waals surface area contributed by atoms with E-state index >= 15 is 0 Å². The van der Waals surface area contributed by atoms with Gasteiger partial charge in [0.1, 0.15) is 18.9 Å². The number of aliphatic carboxylic acids is 1. The molecule has 4 heteroatoms. The number of imidazole rings is 1. The lowest BCUT2D eigenvalue weighted by atomic mass is 10.2. The highest BCUT2D eigenvalue weighted by Crippen LogP contribution is 2.02. The van der Waals surface area contributed by atoms with Crippen molar-refractivity contribution in [1.82, 2.24) is 4.57 Å². The summed E-state index contributed by atoms with van der Waals surface area (Å²) < 4.78 is 4.14. The minimum absolute atomic E-state index is 0.0486. The quantitative estimate of drug-likeness (QED) is 0.710. The standard InChI is InChI=1S/C15H18N2O2/c1-2-14-16(9-8-15(18)19)10-11-17(14)12-13-6-4-3-5-7-13/h3-7,10-11H,2,8-9,12H2,1H3. The molecule has 19 heavy (non-hydrogen) atoms. The van der Waals surface area contributed by atoms with Crippen LogP contribution in [0.5, 0.6) is 0 Å². The molecular formula is C15H18N2O2. The van der Waals surface area contributed by atoms with Gasteiger partial charge < -0.3 is 9.90 Å². The van der Waals surface area contributed by atoms with Crippen molar-refractivity contribution < 1.29 is 14.5 Å². The second-order valence-electron chi connectivity index (χ2n) is 4.50. The van der Waals surface area contributed by atoms with Gasteiger partial charge in [-0.05, 0) is 5.56 Å². The predicted molar refractivity (Wildman–Crippen MR) is 69.2 cm³/mol. The first-order chi connectivity index (χ1) is 9.20. The van der Waals surface area contributed by atoms with Gasteiger partial charge in [-0.3, -0.25) is 0 Å². The van der Waals surface area contributed by atoms with Crippen LogP contribution < -0.4 is 9.67 Å². The van der Waals surface area contributed by atoms with Crippen molar-refractivity contribution in [3.8, 4) is 0 Å². The Morgan fingerprint density at radius 2 is 2.05 bits per heavy atom. The number of aromatic nitrogens is 2. The van der Waals surface area contributed by atoms with Crippen LogP contribution in [0.4, 0.5) is 0 Å². The number of hydrogen-bond donors (Lipinski definition) is 0. The molecule has 0 N–H and O–H groups in total. The number of nitrogens with zero attached hydrogens (tertiary/aromatic N) is 2. The maximum atomic E-state index is 10.5. The van der Waals surface area contributed by atoms with E-state index in [0.717, 1.165) is 18.8 Å². The molecule has 1 aromatic carbocycles. The third-order valence-corrected chi connectivity index (χ3v) is 3.16. The van der Waals surface area contributed by atoms with E-state index in [1.165, 1.54) is 5.56 Å². The Labute approximate surface area is 112 Å². The summed E-state index contributed by atoms with van der Waals surface area (Å²) in [6.45, 7) is 3.35. The number of carboxylic acids is 1. The molecule has 0 fully saturated rings. The zero-order chi connectivity index (χ0) is 13.7. The van der Waals surface area contributed by atoms with E-state index in [1.807, 2.05) is 35.2 Å². The fraction of sp³-hybridized carbons (Fsp3) is 0.333. The molecule has 0 unspecified atom stereocenters. The molecule has 2 aromatic rings. The number of carbonyl (C=O) groups excluding carboxylic acids is 1. The van der Waals surface area contributed by atoms with E-state index < -0.39 is 5.97 Å². The summed E-state index contributed by atoms with van der Waals surface area (Å²) in [5, 5.41) is 10.5. The lowest BCUT2D eigenvalue weighted by Crippen LogP contribution is -2.37. The lowest BCUT2D eigenvalue weighted by molar-refractivity contribution is -0.695. The van der Waals surface area contributed by atoms with Crippen LogP contribution in [0.25, 0.3) is 0 Å². The molecule has 0 spiro atoms. The van der Waals surface area contributed by atoms with Gasteiger partial charge in [0.25, 0.3) is 5.82 Å². The van der Waals surface area contributed by atoms with Gasteiger partial charge in [0, 0.05) is 18.8 Å². The molecule has 0 amide bonds. The molecule has 0 aliphatic heterocycles. The maximum Gasteiger partial charge on any atom is 0.256 e. The average molecular weight is 258 g/mol. The van der Waals surface area contributed by atoms with Crippen LogP contribution in [0.2, 0.25) is 0 Å². The minimum atomic E-state index is -1.01. The molecule has 0 aliphatic rings. The van der Waals surface area contributed by atoms with Crippen molar-refractivity contribution in [2.45, 2.75) is 32.9 Å². The molecule has 0 saturated heterocycles.